The second kappa shape index (κ2) is 5.84. The highest BCUT2D eigenvalue weighted by Crippen LogP contribution is 2.13. The minimum absolute atomic E-state index is 0.434. The fraction of sp³-hybridized carbons (Fsp3) is 0.0714. The van der Waals surface area contributed by atoms with Gasteiger partial charge in [0.15, 0.2) is 0 Å². The second-order valence-electron chi connectivity index (χ2n) is 3.73. The van der Waals surface area contributed by atoms with E-state index in [1.165, 1.54) is 0 Å². The predicted octanol–water partition coefficient (Wildman–Crippen LogP) is 2.76. The van der Waals surface area contributed by atoms with E-state index in [1.807, 2.05) is 24.3 Å². The van der Waals surface area contributed by atoms with Crippen LogP contribution in [0.15, 0.2) is 54.6 Å². The minimum atomic E-state index is -0.518. The molecule has 0 aliphatic rings. The smallest absolute Gasteiger partial charge is 0.410 e. The van der Waals surface area contributed by atoms with Crippen LogP contribution in [0.3, 0.4) is 0 Å². The number of hydrogen-bond acceptors (Lipinski definition) is 3. The van der Waals surface area contributed by atoms with Gasteiger partial charge in [0.05, 0.1) is 0 Å². The summed E-state index contributed by atoms with van der Waals surface area (Å²) in [6, 6.07) is 16.2. The normalized spacial score (nSPS) is 9.83. The number of rotatable bonds is 3. The topological polar surface area (TPSA) is 64.3 Å². The Morgan fingerprint density at radius 3 is 2.61 bits per heavy atom. The molecule has 0 aromatic heterocycles. The summed E-state index contributed by atoms with van der Waals surface area (Å²) in [6.45, 7) is 0.434. The fourth-order valence-corrected chi connectivity index (χ4v) is 1.51. The van der Waals surface area contributed by atoms with Crippen LogP contribution in [0.1, 0.15) is 5.56 Å². The molecule has 2 aromatic rings. The molecule has 4 nitrogen and oxygen atoms in total. The van der Waals surface area contributed by atoms with E-state index in [0.717, 1.165) is 5.56 Å². The molecule has 0 unspecified atom stereocenters. The number of hydrogen-bond donors (Lipinski definition) is 2. The number of carbonyl (C=O) groups is 1. The molecule has 0 heterocycles. The van der Waals surface area contributed by atoms with Gasteiger partial charge in [-0.2, -0.15) is 0 Å². The van der Waals surface area contributed by atoms with Gasteiger partial charge in [-0.1, -0.05) is 30.3 Å². The molecular weight excluding hydrogens is 228 g/mol. The van der Waals surface area contributed by atoms with Gasteiger partial charge in [-0.25, -0.2) is 4.79 Å². The fourth-order valence-electron chi connectivity index (χ4n) is 1.51. The highest BCUT2D eigenvalue weighted by molar-refractivity contribution is 5.86. The lowest BCUT2D eigenvalue weighted by atomic mass is 10.2. The van der Waals surface area contributed by atoms with E-state index in [2.05, 4.69) is 5.32 Å². The number of nitrogens with one attached hydrogen (secondary N) is 1. The molecule has 0 aliphatic carbocycles. The number of ether oxygens (including phenoxy) is 1. The number of anilines is 1. The molecule has 18 heavy (non-hydrogen) atoms. The summed E-state index contributed by atoms with van der Waals surface area (Å²) < 4.78 is 5.11. The summed E-state index contributed by atoms with van der Waals surface area (Å²) in [5.41, 5.74) is 7.15. The Labute approximate surface area is 105 Å². The largest absolute Gasteiger partial charge is 0.417 e. The first-order valence-electron chi connectivity index (χ1n) is 5.61. The molecule has 0 fully saturated rings. The summed E-state index contributed by atoms with van der Waals surface area (Å²) in [7, 11) is 0. The average Bonchev–Trinajstić information content (AvgIpc) is 2.40. The van der Waals surface area contributed by atoms with E-state index in [9.17, 15) is 4.79 Å². The van der Waals surface area contributed by atoms with Crippen LogP contribution in [-0.2, 0) is 6.54 Å². The van der Waals surface area contributed by atoms with Crippen LogP contribution in [0.5, 0.6) is 5.75 Å². The van der Waals surface area contributed by atoms with E-state index in [-0.39, 0.29) is 0 Å². The Bertz CT molecular complexity index is 526. The summed E-state index contributed by atoms with van der Waals surface area (Å²) >= 11 is 0. The zero-order valence-corrected chi connectivity index (χ0v) is 9.80. The van der Waals surface area contributed by atoms with Crippen molar-refractivity contribution in [3.05, 3.63) is 60.2 Å². The number of amides is 1. The van der Waals surface area contributed by atoms with Gasteiger partial charge in [0.1, 0.15) is 5.75 Å². The molecule has 0 radical (unpaired) electrons. The van der Waals surface area contributed by atoms with Crippen molar-refractivity contribution in [1.29, 1.82) is 0 Å². The minimum Gasteiger partial charge on any atom is -0.410 e. The van der Waals surface area contributed by atoms with Crippen LogP contribution in [0.2, 0.25) is 0 Å². The molecular formula is C14H14N2O2. The summed E-state index contributed by atoms with van der Waals surface area (Å²) in [5.74, 6) is 0.505. The zero-order valence-electron chi connectivity index (χ0n) is 9.80. The number of para-hydroxylation sites is 1. The number of carbonyl (C=O) groups excluding carboxylic acids is 1. The van der Waals surface area contributed by atoms with Crippen LogP contribution in [0.25, 0.3) is 0 Å². The lowest BCUT2D eigenvalue weighted by molar-refractivity contribution is 0.215. The predicted molar refractivity (Wildman–Crippen MR) is 70.4 cm³/mol. The molecule has 0 atom stereocenters. The maximum atomic E-state index is 11.6. The molecule has 3 N–H and O–H groups in total. The molecule has 92 valence electrons. The first kappa shape index (κ1) is 12.1. The van der Waals surface area contributed by atoms with Crippen LogP contribution in [0.4, 0.5) is 10.5 Å². The Balaban J connectivity index is 1.99. The van der Waals surface area contributed by atoms with Gasteiger partial charge in [0.25, 0.3) is 0 Å². The molecule has 0 spiro atoms. The Kier molecular flexibility index (Phi) is 3.94. The van der Waals surface area contributed by atoms with E-state index in [4.69, 9.17) is 10.5 Å². The summed E-state index contributed by atoms with van der Waals surface area (Å²) in [5, 5.41) is 2.65. The summed E-state index contributed by atoms with van der Waals surface area (Å²) in [4.78, 5) is 11.6. The lowest BCUT2D eigenvalue weighted by Gasteiger charge is -2.07. The third-order valence-corrected chi connectivity index (χ3v) is 2.36. The van der Waals surface area contributed by atoms with Crippen molar-refractivity contribution in [3.63, 3.8) is 0 Å². The van der Waals surface area contributed by atoms with Gasteiger partial charge in [-0.15, -0.1) is 0 Å². The van der Waals surface area contributed by atoms with E-state index < -0.39 is 6.09 Å². The van der Waals surface area contributed by atoms with Crippen molar-refractivity contribution in [2.75, 3.05) is 5.32 Å². The Hall–Kier alpha value is -2.33. The van der Waals surface area contributed by atoms with Crippen molar-refractivity contribution in [3.8, 4) is 5.75 Å². The molecule has 0 aliphatic heterocycles. The summed E-state index contributed by atoms with van der Waals surface area (Å²) in [6.07, 6.45) is -0.518. The molecule has 0 saturated heterocycles. The average molecular weight is 242 g/mol. The monoisotopic (exact) mass is 242 g/mol. The molecule has 4 heteroatoms. The van der Waals surface area contributed by atoms with E-state index in [0.29, 0.717) is 18.0 Å². The maximum Gasteiger partial charge on any atom is 0.417 e. The van der Waals surface area contributed by atoms with Crippen molar-refractivity contribution in [2.45, 2.75) is 6.54 Å². The highest BCUT2D eigenvalue weighted by atomic mass is 16.6. The van der Waals surface area contributed by atoms with Crippen molar-refractivity contribution in [2.24, 2.45) is 5.73 Å². The third-order valence-electron chi connectivity index (χ3n) is 2.36. The molecule has 2 rings (SSSR count). The SMILES string of the molecule is NCc1cccc(NC(=O)Oc2ccccc2)c1. The number of nitrogens with two attached hydrogens (primary N) is 1. The standard InChI is InChI=1S/C14H14N2O2/c15-10-11-5-4-6-12(9-11)16-14(17)18-13-7-2-1-3-8-13/h1-9H,10,15H2,(H,16,17). The van der Waals surface area contributed by atoms with Crippen molar-refractivity contribution < 1.29 is 9.53 Å². The highest BCUT2D eigenvalue weighted by Gasteiger charge is 2.04. The van der Waals surface area contributed by atoms with Gasteiger partial charge in [0, 0.05) is 12.2 Å². The van der Waals surface area contributed by atoms with Crippen molar-refractivity contribution >= 4 is 11.8 Å². The lowest BCUT2D eigenvalue weighted by Crippen LogP contribution is -2.16. The van der Waals surface area contributed by atoms with Crippen LogP contribution in [0, 0.1) is 0 Å². The number of benzene rings is 2. The third kappa shape index (κ3) is 3.33. The zero-order chi connectivity index (χ0) is 12.8. The van der Waals surface area contributed by atoms with Gasteiger partial charge in [-0.3, -0.25) is 5.32 Å². The van der Waals surface area contributed by atoms with E-state index >= 15 is 0 Å². The molecule has 1 amide bonds. The molecule has 2 aromatic carbocycles. The Morgan fingerprint density at radius 1 is 1.11 bits per heavy atom. The van der Waals surface area contributed by atoms with Gasteiger partial charge in [-0.05, 0) is 29.8 Å². The first-order valence-corrected chi connectivity index (χ1v) is 5.61. The van der Waals surface area contributed by atoms with Crippen LogP contribution < -0.4 is 15.8 Å². The van der Waals surface area contributed by atoms with Crippen LogP contribution >= 0.6 is 0 Å². The Morgan fingerprint density at radius 2 is 1.89 bits per heavy atom. The molecule has 0 saturated carbocycles. The quantitative estimate of drug-likeness (QED) is 0.869. The maximum absolute atomic E-state index is 11.6. The van der Waals surface area contributed by atoms with Gasteiger partial charge in [0.2, 0.25) is 0 Å². The van der Waals surface area contributed by atoms with Crippen LogP contribution in [-0.4, -0.2) is 6.09 Å². The van der Waals surface area contributed by atoms with E-state index in [1.54, 1.807) is 30.3 Å². The second-order valence-corrected chi connectivity index (χ2v) is 3.73. The van der Waals surface area contributed by atoms with Crippen molar-refractivity contribution in [1.82, 2.24) is 0 Å². The first-order chi connectivity index (χ1) is 8.78. The molecule has 0 bridgehead atoms. The van der Waals surface area contributed by atoms with Gasteiger partial charge >= 0.3 is 6.09 Å². The van der Waals surface area contributed by atoms with Gasteiger partial charge < -0.3 is 10.5 Å².